The van der Waals surface area contributed by atoms with Crippen molar-refractivity contribution >= 4 is 12.2 Å². The van der Waals surface area contributed by atoms with Crippen molar-refractivity contribution in [2.45, 2.75) is 32.2 Å². The van der Waals surface area contributed by atoms with Crippen LogP contribution >= 0.6 is 0 Å². The molecule has 4 heteroatoms. The molecule has 0 saturated heterocycles. The van der Waals surface area contributed by atoms with E-state index in [2.05, 4.69) is 9.98 Å². The minimum absolute atomic E-state index is 0.0374. The fourth-order valence-electron chi connectivity index (χ4n) is 0.940. The highest BCUT2D eigenvalue weighted by atomic mass is 16.1. The van der Waals surface area contributed by atoms with E-state index in [1.165, 1.54) is 12.2 Å². The number of hydrogen-bond acceptors (Lipinski definition) is 4. The van der Waals surface area contributed by atoms with E-state index in [0.29, 0.717) is 13.0 Å². The SMILES string of the molecule is CCC[C@H](CCN=C=O)N=C=O. The molecule has 0 unspecified atom stereocenters. The molecule has 0 saturated carbocycles. The Kier molecular flexibility index (Phi) is 7.05. The Bertz CT molecular complexity index is 203. The van der Waals surface area contributed by atoms with E-state index in [-0.39, 0.29) is 6.04 Å². The van der Waals surface area contributed by atoms with Gasteiger partial charge < -0.3 is 0 Å². The zero-order valence-corrected chi connectivity index (χ0v) is 7.12. The lowest BCUT2D eigenvalue weighted by Gasteiger charge is -2.04. The topological polar surface area (TPSA) is 58.9 Å². The van der Waals surface area contributed by atoms with Crippen LogP contribution in [0.2, 0.25) is 0 Å². The van der Waals surface area contributed by atoms with E-state index in [1.54, 1.807) is 0 Å². The van der Waals surface area contributed by atoms with Gasteiger partial charge in [0.2, 0.25) is 12.2 Å². The van der Waals surface area contributed by atoms with Gasteiger partial charge in [0.15, 0.2) is 0 Å². The highest BCUT2D eigenvalue weighted by Gasteiger charge is 2.03. The Balaban J connectivity index is 3.77. The molecule has 0 aromatic carbocycles. The summed E-state index contributed by atoms with van der Waals surface area (Å²) < 4.78 is 0. The molecule has 0 amide bonds. The zero-order chi connectivity index (χ0) is 9.23. The van der Waals surface area contributed by atoms with Gasteiger partial charge in [0.1, 0.15) is 0 Å². The second kappa shape index (κ2) is 7.86. The molecule has 0 rings (SSSR count). The van der Waals surface area contributed by atoms with Crippen LogP contribution in [0.3, 0.4) is 0 Å². The predicted molar refractivity (Wildman–Crippen MR) is 44.4 cm³/mol. The summed E-state index contributed by atoms with van der Waals surface area (Å²) in [5, 5.41) is 0. The third-order valence-electron chi connectivity index (χ3n) is 1.50. The van der Waals surface area contributed by atoms with Crippen molar-refractivity contribution < 1.29 is 9.59 Å². The Morgan fingerprint density at radius 1 is 1.25 bits per heavy atom. The number of isocyanates is 2. The predicted octanol–water partition coefficient (Wildman–Crippen LogP) is 1.22. The van der Waals surface area contributed by atoms with Crippen LogP contribution in [0, 0.1) is 0 Å². The van der Waals surface area contributed by atoms with Crippen LogP contribution in [-0.4, -0.2) is 24.7 Å². The molecular weight excluding hydrogens is 156 g/mol. The van der Waals surface area contributed by atoms with Crippen molar-refractivity contribution in [2.24, 2.45) is 9.98 Å². The molecule has 1 atom stereocenters. The monoisotopic (exact) mass is 168 g/mol. The highest BCUT2D eigenvalue weighted by molar-refractivity contribution is 5.34. The van der Waals surface area contributed by atoms with Crippen molar-refractivity contribution in [3.8, 4) is 0 Å². The molecule has 0 aromatic rings. The molecule has 0 aromatic heterocycles. The highest BCUT2D eigenvalue weighted by Crippen LogP contribution is 2.05. The van der Waals surface area contributed by atoms with Crippen molar-refractivity contribution in [2.75, 3.05) is 6.54 Å². The molecule has 0 heterocycles. The summed E-state index contributed by atoms with van der Waals surface area (Å²) in [6.45, 7) is 2.40. The zero-order valence-electron chi connectivity index (χ0n) is 7.12. The normalized spacial score (nSPS) is 11.1. The maximum absolute atomic E-state index is 9.92. The fraction of sp³-hybridized carbons (Fsp3) is 0.750. The van der Waals surface area contributed by atoms with Crippen molar-refractivity contribution in [3.05, 3.63) is 0 Å². The molecule has 0 aliphatic carbocycles. The Morgan fingerprint density at radius 3 is 2.50 bits per heavy atom. The van der Waals surface area contributed by atoms with E-state index in [9.17, 15) is 9.59 Å². The Hall–Kier alpha value is -1.24. The van der Waals surface area contributed by atoms with Gasteiger partial charge in [0, 0.05) is 0 Å². The van der Waals surface area contributed by atoms with Gasteiger partial charge in [-0.2, -0.15) is 0 Å². The van der Waals surface area contributed by atoms with Crippen LogP contribution < -0.4 is 0 Å². The molecule has 66 valence electrons. The van der Waals surface area contributed by atoms with Gasteiger partial charge in [-0.15, -0.1) is 0 Å². The van der Waals surface area contributed by atoms with Gasteiger partial charge >= 0.3 is 0 Å². The van der Waals surface area contributed by atoms with E-state index < -0.39 is 0 Å². The van der Waals surface area contributed by atoms with E-state index in [1.807, 2.05) is 6.92 Å². The van der Waals surface area contributed by atoms with Crippen LogP contribution in [0.15, 0.2) is 9.98 Å². The Labute approximate surface area is 71.4 Å². The first-order chi connectivity index (χ1) is 5.85. The third-order valence-corrected chi connectivity index (χ3v) is 1.50. The third kappa shape index (κ3) is 5.54. The second-order valence-corrected chi connectivity index (χ2v) is 2.42. The first kappa shape index (κ1) is 10.8. The van der Waals surface area contributed by atoms with Gasteiger partial charge in [0.05, 0.1) is 12.6 Å². The summed E-state index contributed by atoms with van der Waals surface area (Å²) in [5.74, 6) is 0. The largest absolute Gasteiger partial charge is 0.235 e. The van der Waals surface area contributed by atoms with Crippen molar-refractivity contribution in [1.82, 2.24) is 0 Å². The van der Waals surface area contributed by atoms with Crippen LogP contribution in [0.4, 0.5) is 0 Å². The van der Waals surface area contributed by atoms with Gasteiger partial charge in [-0.1, -0.05) is 13.3 Å². The maximum atomic E-state index is 9.92. The molecule has 0 spiro atoms. The number of aliphatic imine (C=N–C) groups is 2. The van der Waals surface area contributed by atoms with Crippen LogP contribution in [0.1, 0.15) is 26.2 Å². The summed E-state index contributed by atoms with van der Waals surface area (Å²) >= 11 is 0. The number of rotatable bonds is 6. The first-order valence-corrected chi connectivity index (χ1v) is 3.95. The van der Waals surface area contributed by atoms with Crippen molar-refractivity contribution in [1.29, 1.82) is 0 Å². The number of nitrogens with zero attached hydrogens (tertiary/aromatic N) is 2. The average Bonchev–Trinajstić information content (AvgIpc) is 2.06. The summed E-state index contributed by atoms with van der Waals surface area (Å²) in [6, 6.07) is -0.0374. The Morgan fingerprint density at radius 2 is 2.00 bits per heavy atom. The average molecular weight is 168 g/mol. The van der Waals surface area contributed by atoms with Crippen LogP contribution in [0.25, 0.3) is 0 Å². The van der Waals surface area contributed by atoms with Gasteiger partial charge in [-0.05, 0) is 12.8 Å². The lowest BCUT2D eigenvalue weighted by Crippen LogP contribution is -2.05. The molecule has 0 aliphatic rings. The first-order valence-electron chi connectivity index (χ1n) is 3.95. The van der Waals surface area contributed by atoms with Crippen molar-refractivity contribution in [3.63, 3.8) is 0 Å². The second-order valence-electron chi connectivity index (χ2n) is 2.42. The summed E-state index contributed by atoms with van der Waals surface area (Å²) in [6.07, 6.45) is 5.38. The van der Waals surface area contributed by atoms with Crippen LogP contribution in [0.5, 0.6) is 0 Å². The molecule has 0 fully saturated rings. The maximum Gasteiger partial charge on any atom is 0.235 e. The van der Waals surface area contributed by atoms with Crippen LogP contribution in [-0.2, 0) is 9.59 Å². The summed E-state index contributed by atoms with van der Waals surface area (Å²) in [4.78, 5) is 26.6. The molecule has 0 aliphatic heterocycles. The van der Waals surface area contributed by atoms with Gasteiger partial charge in [-0.25, -0.2) is 19.6 Å². The fourth-order valence-corrected chi connectivity index (χ4v) is 0.940. The molecule has 12 heavy (non-hydrogen) atoms. The minimum atomic E-state index is -0.0374. The lowest BCUT2D eigenvalue weighted by molar-refractivity contribution is 0.533. The van der Waals surface area contributed by atoms with E-state index >= 15 is 0 Å². The smallest absolute Gasteiger partial charge is 0.211 e. The number of carbonyl (C=O) groups excluding carboxylic acids is 2. The lowest BCUT2D eigenvalue weighted by atomic mass is 10.1. The molecule has 4 nitrogen and oxygen atoms in total. The molecule has 0 radical (unpaired) electrons. The summed E-state index contributed by atoms with van der Waals surface area (Å²) in [7, 11) is 0. The molecule has 0 bridgehead atoms. The standard InChI is InChI=1S/C8H12N2O2/c1-2-3-8(10-7-12)4-5-9-6-11/h8H,2-5H2,1H3/t8-/m1/s1. The molecular formula is C8H12N2O2. The van der Waals surface area contributed by atoms with Gasteiger partial charge in [-0.3, -0.25) is 0 Å². The minimum Gasteiger partial charge on any atom is -0.211 e. The summed E-state index contributed by atoms with van der Waals surface area (Å²) in [5.41, 5.74) is 0. The van der Waals surface area contributed by atoms with E-state index in [0.717, 1.165) is 12.8 Å². The quantitative estimate of drug-likeness (QED) is 0.442. The van der Waals surface area contributed by atoms with E-state index in [4.69, 9.17) is 0 Å². The molecule has 0 N–H and O–H groups in total. The number of hydrogen-bond donors (Lipinski definition) is 0. The van der Waals surface area contributed by atoms with Gasteiger partial charge in [0.25, 0.3) is 0 Å².